The van der Waals surface area contributed by atoms with Crippen LogP contribution in [0.25, 0.3) is 0 Å². The largest absolute Gasteiger partial charge is 0.474 e. The number of thioether (sulfide) groups is 1. The van der Waals surface area contributed by atoms with Crippen LogP contribution in [0.5, 0.6) is 5.75 Å². The molecular formula is C17H21NO9S2. The maximum Gasteiger partial charge on any atom is 0.303 e. The van der Waals surface area contributed by atoms with E-state index in [9.17, 15) is 22.8 Å². The molecule has 10 nitrogen and oxygen atoms in total. The summed E-state index contributed by atoms with van der Waals surface area (Å²) in [6.45, 7) is 3.58. The summed E-state index contributed by atoms with van der Waals surface area (Å²) in [5.41, 5.74) is -0.819. The van der Waals surface area contributed by atoms with Crippen LogP contribution in [0.1, 0.15) is 20.8 Å². The molecule has 0 radical (unpaired) electrons. The van der Waals surface area contributed by atoms with Gasteiger partial charge in [0.1, 0.15) is 5.75 Å². The molecule has 0 spiro atoms. The summed E-state index contributed by atoms with van der Waals surface area (Å²) < 4.78 is 44.6. The Balaban J connectivity index is 2.28. The number of sulfone groups is 1. The zero-order valence-electron chi connectivity index (χ0n) is 16.2. The van der Waals surface area contributed by atoms with Gasteiger partial charge in [-0.15, -0.1) is 11.8 Å². The highest BCUT2D eigenvalue weighted by atomic mass is 32.2. The van der Waals surface area contributed by atoms with Crippen molar-refractivity contribution in [3.8, 4) is 5.75 Å². The Bertz CT molecular complexity index is 869. The van der Waals surface area contributed by atoms with Gasteiger partial charge < -0.3 is 18.9 Å². The van der Waals surface area contributed by atoms with Crippen molar-refractivity contribution < 1.29 is 41.7 Å². The molecule has 0 N–H and O–H groups in total. The molecule has 29 heavy (non-hydrogen) atoms. The molecule has 1 fully saturated rings. The number of aromatic nitrogens is 1. The minimum absolute atomic E-state index is 0.120. The minimum atomic E-state index is -3.47. The number of ether oxygens (including phenoxy) is 4. The van der Waals surface area contributed by atoms with Gasteiger partial charge in [0.2, 0.25) is 0 Å². The number of hydrogen-bond acceptors (Lipinski definition) is 11. The van der Waals surface area contributed by atoms with Crippen molar-refractivity contribution in [2.24, 2.45) is 0 Å². The van der Waals surface area contributed by atoms with Crippen molar-refractivity contribution in [2.75, 3.05) is 12.0 Å². The molecule has 2 heterocycles. The molecular weight excluding hydrogens is 426 g/mol. The normalized spacial score (nSPS) is 24.3. The number of esters is 3. The second-order valence-corrected chi connectivity index (χ2v) is 9.31. The number of nitrogens with zero attached hydrogens (tertiary/aromatic N) is 1. The molecule has 1 aliphatic rings. The van der Waals surface area contributed by atoms with Gasteiger partial charge in [0.15, 0.2) is 38.6 Å². The van der Waals surface area contributed by atoms with E-state index in [1.807, 2.05) is 0 Å². The number of hydrogen-bond donors (Lipinski definition) is 0. The first-order chi connectivity index (χ1) is 13.5. The average molecular weight is 447 g/mol. The van der Waals surface area contributed by atoms with E-state index in [-0.39, 0.29) is 16.5 Å². The molecule has 0 bridgehead atoms. The Kier molecular flexibility index (Phi) is 7.47. The second-order valence-electron chi connectivity index (χ2n) is 6.22. The van der Waals surface area contributed by atoms with Crippen LogP contribution >= 0.6 is 11.8 Å². The molecule has 0 unspecified atom stereocenters. The Hall–Kier alpha value is -2.34. The number of pyridine rings is 1. The first-order valence-corrected chi connectivity index (χ1v) is 11.4. The summed E-state index contributed by atoms with van der Waals surface area (Å²) >= 11 is 1.18. The van der Waals surface area contributed by atoms with Crippen LogP contribution in [0.2, 0.25) is 0 Å². The zero-order chi connectivity index (χ0) is 21.8. The fraction of sp³-hybridized carbons (Fsp3) is 0.529. The van der Waals surface area contributed by atoms with Gasteiger partial charge in [-0.1, -0.05) is 0 Å². The lowest BCUT2D eigenvalue weighted by atomic mass is 10.1. The molecule has 0 aliphatic carbocycles. The van der Waals surface area contributed by atoms with E-state index >= 15 is 0 Å². The summed E-state index contributed by atoms with van der Waals surface area (Å²) in [4.78, 5) is 38.4. The van der Waals surface area contributed by atoms with Crippen molar-refractivity contribution in [2.45, 2.75) is 49.5 Å². The van der Waals surface area contributed by atoms with Crippen molar-refractivity contribution in [3.05, 3.63) is 18.3 Å². The first kappa shape index (κ1) is 22.9. The molecule has 1 aliphatic heterocycles. The fourth-order valence-electron chi connectivity index (χ4n) is 2.60. The van der Waals surface area contributed by atoms with Gasteiger partial charge in [0.25, 0.3) is 0 Å². The topological polar surface area (TPSA) is 135 Å². The van der Waals surface area contributed by atoms with Crippen LogP contribution in [0.3, 0.4) is 0 Å². The van der Waals surface area contributed by atoms with E-state index in [2.05, 4.69) is 4.98 Å². The smallest absolute Gasteiger partial charge is 0.303 e. The van der Waals surface area contributed by atoms with Gasteiger partial charge in [-0.05, 0) is 12.1 Å². The van der Waals surface area contributed by atoms with Gasteiger partial charge in [0, 0.05) is 32.8 Å². The molecule has 0 saturated carbocycles. The van der Waals surface area contributed by atoms with Crippen LogP contribution in [0.15, 0.2) is 23.4 Å². The third-order valence-corrected chi connectivity index (χ3v) is 5.86. The van der Waals surface area contributed by atoms with Gasteiger partial charge >= 0.3 is 17.9 Å². The number of carbonyl (C=O) groups is 3. The molecule has 12 heteroatoms. The van der Waals surface area contributed by atoms with E-state index in [1.54, 1.807) is 0 Å². The molecule has 2 rings (SSSR count). The van der Waals surface area contributed by atoms with Crippen molar-refractivity contribution >= 4 is 39.5 Å². The minimum Gasteiger partial charge on any atom is -0.474 e. The lowest BCUT2D eigenvalue weighted by Gasteiger charge is -2.39. The van der Waals surface area contributed by atoms with Crippen LogP contribution < -0.4 is 4.74 Å². The van der Waals surface area contributed by atoms with Crippen LogP contribution in [0, 0.1) is 0 Å². The molecule has 0 aromatic carbocycles. The Morgan fingerprint density at radius 3 is 2.07 bits per heavy atom. The summed E-state index contributed by atoms with van der Waals surface area (Å²) in [7, 11) is -3.47. The Labute approximate surface area is 172 Å². The summed E-state index contributed by atoms with van der Waals surface area (Å²) in [5.74, 6) is -1.42. The molecule has 0 amide bonds. The molecule has 1 saturated heterocycles. The predicted octanol–water partition coefficient (Wildman–Crippen LogP) is 0.732. The first-order valence-electron chi connectivity index (χ1n) is 8.43. The predicted molar refractivity (Wildman–Crippen MR) is 101 cm³/mol. The summed E-state index contributed by atoms with van der Waals surface area (Å²) in [6, 6.07) is 2.69. The quantitative estimate of drug-likeness (QED) is 0.451. The second kappa shape index (κ2) is 9.44. The van der Waals surface area contributed by atoms with E-state index in [1.165, 1.54) is 50.9 Å². The summed E-state index contributed by atoms with van der Waals surface area (Å²) in [6.07, 6.45) is -0.733. The highest BCUT2D eigenvalue weighted by Gasteiger charge is 2.47. The zero-order valence-corrected chi connectivity index (χ0v) is 17.8. The SMILES string of the molecule is CC(=O)O[C@@H]1[C@@H](OC(C)=O)[C@H](OC(C)=O)CS[C@H]1Oc1ccc(S(C)(=O)=O)nc1. The van der Waals surface area contributed by atoms with Gasteiger partial charge in [0.05, 0.1) is 6.20 Å². The van der Waals surface area contributed by atoms with Gasteiger partial charge in [-0.25, -0.2) is 13.4 Å². The van der Waals surface area contributed by atoms with Crippen LogP contribution in [0.4, 0.5) is 0 Å². The molecule has 1 aromatic rings. The van der Waals surface area contributed by atoms with E-state index in [0.29, 0.717) is 0 Å². The highest BCUT2D eigenvalue weighted by Crippen LogP contribution is 2.34. The number of carbonyl (C=O) groups excluding carboxylic acids is 3. The summed E-state index contributed by atoms with van der Waals surface area (Å²) in [5, 5.41) is -0.120. The van der Waals surface area contributed by atoms with Crippen LogP contribution in [-0.2, 0) is 38.4 Å². The monoisotopic (exact) mass is 447 g/mol. The lowest BCUT2D eigenvalue weighted by molar-refractivity contribution is -0.186. The molecule has 160 valence electrons. The van der Waals surface area contributed by atoms with E-state index in [4.69, 9.17) is 18.9 Å². The number of rotatable bonds is 6. The van der Waals surface area contributed by atoms with E-state index in [0.717, 1.165) is 6.26 Å². The molecule has 1 aromatic heterocycles. The van der Waals surface area contributed by atoms with Gasteiger partial charge in [-0.2, -0.15) is 0 Å². The maximum atomic E-state index is 11.6. The van der Waals surface area contributed by atoms with Gasteiger partial charge in [-0.3, -0.25) is 14.4 Å². The fourth-order valence-corrected chi connectivity index (χ4v) is 4.38. The molecule has 4 atom stereocenters. The Morgan fingerprint density at radius 1 is 1.00 bits per heavy atom. The maximum absolute atomic E-state index is 11.6. The third kappa shape index (κ3) is 6.60. The lowest BCUT2D eigenvalue weighted by Crippen LogP contribution is -2.55. The van der Waals surface area contributed by atoms with E-state index < -0.39 is 51.5 Å². The highest BCUT2D eigenvalue weighted by molar-refractivity contribution is 7.99. The van der Waals surface area contributed by atoms with Crippen molar-refractivity contribution in [1.29, 1.82) is 0 Å². The Morgan fingerprint density at radius 2 is 1.59 bits per heavy atom. The van der Waals surface area contributed by atoms with Crippen LogP contribution in [-0.4, -0.2) is 67.1 Å². The average Bonchev–Trinajstić information content (AvgIpc) is 2.58. The standard InChI is InChI=1S/C17H21NO9S2/c1-9(19)24-13-8-28-17(16(26-11(3)21)15(13)25-10(2)20)27-12-5-6-14(18-7-12)29(4,22)23/h5-7,13,15-17H,8H2,1-4H3/t13-,15+,16-,17-/m1/s1. The third-order valence-electron chi connectivity index (χ3n) is 3.65. The van der Waals surface area contributed by atoms with Crippen molar-refractivity contribution in [1.82, 2.24) is 4.98 Å². The van der Waals surface area contributed by atoms with Crippen molar-refractivity contribution in [3.63, 3.8) is 0 Å².